The van der Waals surface area contributed by atoms with Gasteiger partial charge in [0, 0.05) is 24.4 Å². The zero-order chi connectivity index (χ0) is 15.9. The van der Waals surface area contributed by atoms with Crippen LogP contribution in [-0.4, -0.2) is 27.1 Å². The molecule has 0 amide bonds. The van der Waals surface area contributed by atoms with Gasteiger partial charge in [-0.05, 0) is 53.9 Å². The molecule has 0 spiro atoms. The van der Waals surface area contributed by atoms with Gasteiger partial charge < -0.3 is 13.3 Å². The molecule has 1 saturated carbocycles. The summed E-state index contributed by atoms with van der Waals surface area (Å²) in [5, 5.41) is 0. The summed E-state index contributed by atoms with van der Waals surface area (Å²) in [6.07, 6.45) is 8.59. The first-order valence-electron chi connectivity index (χ1n) is 8.86. The first-order valence-corrected chi connectivity index (χ1v) is 10.8. The molecular weight excluding hydrogens is 280 g/mol. The highest BCUT2D eigenvalue weighted by molar-refractivity contribution is 6.60. The molecule has 1 rings (SSSR count). The zero-order valence-corrected chi connectivity index (χ0v) is 16.0. The normalized spacial score (nSPS) is 17.6. The van der Waals surface area contributed by atoms with Gasteiger partial charge in [0.05, 0.1) is 0 Å². The van der Waals surface area contributed by atoms with Gasteiger partial charge in [-0.2, -0.15) is 0 Å². The summed E-state index contributed by atoms with van der Waals surface area (Å²) < 4.78 is 18.7. The molecule has 0 saturated heterocycles. The molecule has 4 heteroatoms. The van der Waals surface area contributed by atoms with Crippen LogP contribution in [0.25, 0.3) is 0 Å². The monoisotopic (exact) mass is 316 g/mol. The molecule has 0 heterocycles. The summed E-state index contributed by atoms with van der Waals surface area (Å²) in [6.45, 7) is 12.5. The Morgan fingerprint density at radius 3 is 1.62 bits per heavy atom. The van der Waals surface area contributed by atoms with Crippen LogP contribution < -0.4 is 0 Å². The molecule has 0 bridgehead atoms. The SMILES string of the molecule is CC(C)O[Si](CCCC1CCCC1)(OC(C)C)OC(C)C. The average Bonchev–Trinajstić information content (AvgIpc) is 2.78. The topological polar surface area (TPSA) is 27.7 Å². The highest BCUT2D eigenvalue weighted by Crippen LogP contribution is 2.31. The van der Waals surface area contributed by atoms with Crippen LogP contribution in [0.15, 0.2) is 0 Å². The molecule has 0 N–H and O–H groups in total. The molecule has 0 aromatic rings. The third-order valence-corrected chi connectivity index (χ3v) is 7.27. The predicted molar refractivity (Wildman–Crippen MR) is 90.4 cm³/mol. The van der Waals surface area contributed by atoms with Gasteiger partial charge in [0.25, 0.3) is 0 Å². The first kappa shape index (κ1) is 19.1. The Morgan fingerprint density at radius 2 is 1.24 bits per heavy atom. The molecule has 3 nitrogen and oxygen atoms in total. The van der Waals surface area contributed by atoms with Crippen LogP contribution in [-0.2, 0) is 13.3 Å². The van der Waals surface area contributed by atoms with E-state index in [1.165, 1.54) is 38.5 Å². The Kier molecular flexibility index (Phi) is 8.46. The van der Waals surface area contributed by atoms with Gasteiger partial charge in [-0.15, -0.1) is 0 Å². The third kappa shape index (κ3) is 7.77. The second-order valence-corrected chi connectivity index (χ2v) is 9.80. The lowest BCUT2D eigenvalue weighted by molar-refractivity contribution is 0.00263. The number of hydrogen-bond donors (Lipinski definition) is 0. The van der Waals surface area contributed by atoms with E-state index in [0.29, 0.717) is 0 Å². The van der Waals surface area contributed by atoms with Crippen molar-refractivity contribution in [3.63, 3.8) is 0 Å². The Hall–Kier alpha value is 0.0969. The van der Waals surface area contributed by atoms with E-state index in [4.69, 9.17) is 13.3 Å². The van der Waals surface area contributed by atoms with E-state index < -0.39 is 8.80 Å². The van der Waals surface area contributed by atoms with E-state index in [1.54, 1.807) is 0 Å². The van der Waals surface area contributed by atoms with Crippen molar-refractivity contribution in [2.75, 3.05) is 0 Å². The maximum atomic E-state index is 6.22. The lowest BCUT2D eigenvalue weighted by Crippen LogP contribution is -2.50. The molecule has 0 radical (unpaired) electrons. The molecule has 1 aliphatic carbocycles. The smallest absolute Gasteiger partial charge is 0.371 e. The molecular formula is C17H36O3Si. The lowest BCUT2D eigenvalue weighted by Gasteiger charge is -2.34. The minimum Gasteiger partial charge on any atom is -0.371 e. The highest BCUT2D eigenvalue weighted by atomic mass is 28.4. The Bertz CT molecular complexity index is 247. The number of rotatable bonds is 10. The molecule has 1 fully saturated rings. The molecule has 1 aliphatic rings. The zero-order valence-electron chi connectivity index (χ0n) is 15.0. The highest BCUT2D eigenvalue weighted by Gasteiger charge is 2.43. The van der Waals surface area contributed by atoms with Crippen molar-refractivity contribution < 1.29 is 13.3 Å². The second kappa shape index (κ2) is 9.28. The van der Waals surface area contributed by atoms with Crippen molar-refractivity contribution in [3.8, 4) is 0 Å². The van der Waals surface area contributed by atoms with Crippen molar-refractivity contribution in [3.05, 3.63) is 0 Å². The van der Waals surface area contributed by atoms with Crippen LogP contribution in [0.1, 0.15) is 80.1 Å². The van der Waals surface area contributed by atoms with Gasteiger partial charge in [-0.25, -0.2) is 0 Å². The maximum Gasteiger partial charge on any atom is 0.501 e. The van der Waals surface area contributed by atoms with Crippen molar-refractivity contribution in [2.24, 2.45) is 5.92 Å². The van der Waals surface area contributed by atoms with Gasteiger partial charge >= 0.3 is 8.80 Å². The van der Waals surface area contributed by atoms with Crippen LogP contribution in [0.2, 0.25) is 6.04 Å². The largest absolute Gasteiger partial charge is 0.501 e. The van der Waals surface area contributed by atoms with Crippen LogP contribution in [0.5, 0.6) is 0 Å². The Balaban J connectivity index is 2.61. The van der Waals surface area contributed by atoms with E-state index in [-0.39, 0.29) is 18.3 Å². The van der Waals surface area contributed by atoms with Gasteiger partial charge in [-0.3, -0.25) is 0 Å². The summed E-state index contributed by atoms with van der Waals surface area (Å²) in [4.78, 5) is 0. The molecule has 0 atom stereocenters. The van der Waals surface area contributed by atoms with Gasteiger partial charge in [0.15, 0.2) is 0 Å². The second-order valence-electron chi connectivity index (χ2n) is 7.23. The summed E-state index contributed by atoms with van der Waals surface area (Å²) in [7, 11) is -2.56. The minimum absolute atomic E-state index is 0.153. The summed E-state index contributed by atoms with van der Waals surface area (Å²) in [5.74, 6) is 0.925. The molecule has 21 heavy (non-hydrogen) atoms. The van der Waals surface area contributed by atoms with E-state index in [2.05, 4.69) is 41.5 Å². The predicted octanol–water partition coefficient (Wildman–Crippen LogP) is 5.17. The van der Waals surface area contributed by atoms with Gasteiger partial charge in [0.2, 0.25) is 0 Å². The summed E-state index contributed by atoms with van der Waals surface area (Å²) in [5.41, 5.74) is 0. The lowest BCUT2D eigenvalue weighted by atomic mass is 10.0. The fourth-order valence-electron chi connectivity index (χ4n) is 3.24. The van der Waals surface area contributed by atoms with Crippen LogP contribution in [0.3, 0.4) is 0 Å². The molecule has 0 aromatic heterocycles. The molecule has 0 aromatic carbocycles. The summed E-state index contributed by atoms with van der Waals surface area (Å²) >= 11 is 0. The van der Waals surface area contributed by atoms with E-state index in [0.717, 1.165) is 12.0 Å². The van der Waals surface area contributed by atoms with Crippen molar-refractivity contribution in [1.29, 1.82) is 0 Å². The third-order valence-electron chi connectivity index (χ3n) is 3.82. The number of hydrogen-bond acceptors (Lipinski definition) is 3. The fraction of sp³-hybridized carbons (Fsp3) is 1.00. The van der Waals surface area contributed by atoms with Crippen molar-refractivity contribution in [1.82, 2.24) is 0 Å². The van der Waals surface area contributed by atoms with E-state index >= 15 is 0 Å². The van der Waals surface area contributed by atoms with Crippen LogP contribution in [0, 0.1) is 5.92 Å². The van der Waals surface area contributed by atoms with Crippen LogP contribution in [0.4, 0.5) is 0 Å². The fourth-order valence-corrected chi connectivity index (χ4v) is 6.56. The Morgan fingerprint density at radius 1 is 0.810 bits per heavy atom. The van der Waals surface area contributed by atoms with Gasteiger partial charge in [-0.1, -0.05) is 32.1 Å². The summed E-state index contributed by atoms with van der Waals surface area (Å²) in [6, 6.07) is 0.956. The van der Waals surface area contributed by atoms with Gasteiger partial charge in [0.1, 0.15) is 0 Å². The maximum absolute atomic E-state index is 6.22. The van der Waals surface area contributed by atoms with E-state index in [1.807, 2.05) is 0 Å². The molecule has 0 unspecified atom stereocenters. The standard InChI is InChI=1S/C17H36O3Si/c1-14(2)18-21(19-15(3)4,20-16(5)6)13-9-12-17-10-7-8-11-17/h14-17H,7-13H2,1-6H3. The van der Waals surface area contributed by atoms with Crippen molar-refractivity contribution in [2.45, 2.75) is 104 Å². The van der Waals surface area contributed by atoms with E-state index in [9.17, 15) is 0 Å². The average molecular weight is 317 g/mol. The molecule has 126 valence electrons. The quantitative estimate of drug-likeness (QED) is 0.520. The first-order chi connectivity index (χ1) is 9.83. The van der Waals surface area contributed by atoms with Crippen molar-refractivity contribution >= 4 is 8.80 Å². The minimum atomic E-state index is -2.56. The van der Waals surface area contributed by atoms with Crippen LogP contribution >= 0.6 is 0 Å². The Labute approximate surface area is 133 Å². The molecule has 0 aliphatic heterocycles.